The molecule has 1 aromatic carbocycles. The Labute approximate surface area is 179 Å². The Kier molecular flexibility index (Phi) is 9.31. The van der Waals surface area contributed by atoms with Gasteiger partial charge in [0.05, 0.1) is 18.8 Å². The van der Waals surface area contributed by atoms with Gasteiger partial charge in [-0.3, -0.25) is 0 Å². The summed E-state index contributed by atoms with van der Waals surface area (Å²) < 4.78 is 0. The molecule has 1 heterocycles. The first-order valence-corrected chi connectivity index (χ1v) is 11.4. The lowest BCUT2D eigenvalue weighted by Gasteiger charge is -2.19. The Hall–Kier alpha value is -1.72. The number of allylic oxidation sites excluding steroid dienone is 3. The average Bonchev–Trinajstić information content (AvgIpc) is 3.23. The third-order valence-corrected chi connectivity index (χ3v) is 6.65. The van der Waals surface area contributed by atoms with Gasteiger partial charge in [-0.2, -0.15) is 0 Å². The minimum absolute atomic E-state index is 0.0431. The topological polar surface area (TPSA) is 60.7 Å². The van der Waals surface area contributed by atoms with E-state index in [4.69, 9.17) is 0 Å². The van der Waals surface area contributed by atoms with Crippen LogP contribution in [0.15, 0.2) is 47.9 Å². The van der Waals surface area contributed by atoms with Crippen molar-refractivity contribution in [1.29, 1.82) is 0 Å². The van der Waals surface area contributed by atoms with Crippen LogP contribution < -0.4 is 0 Å². The predicted molar refractivity (Wildman–Crippen MR) is 123 cm³/mol. The van der Waals surface area contributed by atoms with Crippen molar-refractivity contribution in [2.45, 2.75) is 71.7 Å². The minimum Gasteiger partial charge on any atom is -0.392 e. The number of thiophene rings is 1. The molecule has 0 bridgehead atoms. The maximum Gasteiger partial charge on any atom is 0.0825 e. The molecule has 0 atom stereocenters. The van der Waals surface area contributed by atoms with E-state index in [2.05, 4.69) is 24.4 Å². The van der Waals surface area contributed by atoms with E-state index in [1.807, 2.05) is 44.2 Å². The van der Waals surface area contributed by atoms with Crippen LogP contribution in [-0.4, -0.2) is 20.9 Å². The highest BCUT2D eigenvalue weighted by Gasteiger charge is 2.17. The van der Waals surface area contributed by atoms with Gasteiger partial charge in [0.2, 0.25) is 0 Å². The van der Waals surface area contributed by atoms with Gasteiger partial charge in [0.1, 0.15) is 0 Å². The van der Waals surface area contributed by atoms with Crippen molar-refractivity contribution in [2.75, 3.05) is 0 Å². The van der Waals surface area contributed by atoms with Crippen LogP contribution in [0, 0.1) is 0 Å². The highest BCUT2D eigenvalue weighted by molar-refractivity contribution is 7.11. The number of rotatable bonds is 11. The van der Waals surface area contributed by atoms with Crippen LogP contribution in [0.5, 0.6) is 0 Å². The zero-order valence-electron chi connectivity index (χ0n) is 17.8. The van der Waals surface area contributed by atoms with Gasteiger partial charge in [0, 0.05) is 4.88 Å². The van der Waals surface area contributed by atoms with Crippen molar-refractivity contribution in [2.24, 2.45) is 0 Å². The molecule has 0 aliphatic carbocycles. The number of aliphatic hydroxyl groups is 3. The Morgan fingerprint density at radius 3 is 2.28 bits per heavy atom. The predicted octanol–water partition coefficient (Wildman–Crippen LogP) is 5.42. The number of hydrogen-bond donors (Lipinski definition) is 3. The molecular weight excluding hydrogens is 380 g/mol. The Morgan fingerprint density at radius 2 is 1.66 bits per heavy atom. The molecule has 2 aromatic rings. The molecule has 0 spiro atoms. The molecule has 3 nitrogen and oxygen atoms in total. The molecule has 29 heavy (non-hydrogen) atoms. The third kappa shape index (κ3) is 6.65. The van der Waals surface area contributed by atoms with E-state index in [1.54, 1.807) is 11.3 Å². The molecule has 4 heteroatoms. The molecule has 0 radical (unpaired) electrons. The van der Waals surface area contributed by atoms with E-state index < -0.39 is 5.60 Å². The Bertz CT molecular complexity index is 828. The molecule has 0 aliphatic heterocycles. The monoisotopic (exact) mass is 414 g/mol. The summed E-state index contributed by atoms with van der Waals surface area (Å²) in [6.45, 7) is 6.08. The summed E-state index contributed by atoms with van der Waals surface area (Å²) in [6.07, 6.45) is 10.2. The molecule has 0 saturated carbocycles. The molecule has 1 aromatic heterocycles. The van der Waals surface area contributed by atoms with Gasteiger partial charge in [0.15, 0.2) is 0 Å². The lowest BCUT2D eigenvalue weighted by molar-refractivity contribution is 0.0828. The summed E-state index contributed by atoms with van der Waals surface area (Å²) in [6, 6.07) is 8.18. The van der Waals surface area contributed by atoms with E-state index in [9.17, 15) is 15.3 Å². The fraction of sp³-hybridized carbons (Fsp3) is 0.440. The van der Waals surface area contributed by atoms with Crippen molar-refractivity contribution < 1.29 is 15.3 Å². The number of hydrogen-bond acceptors (Lipinski definition) is 4. The van der Waals surface area contributed by atoms with E-state index >= 15 is 0 Å². The van der Waals surface area contributed by atoms with Crippen molar-refractivity contribution in [1.82, 2.24) is 0 Å². The van der Waals surface area contributed by atoms with Crippen molar-refractivity contribution in [3.63, 3.8) is 0 Å². The van der Waals surface area contributed by atoms with Crippen LogP contribution in [0.1, 0.15) is 67.2 Å². The molecule has 3 N–H and O–H groups in total. The normalized spacial score (nSPS) is 12.8. The second kappa shape index (κ2) is 11.5. The van der Waals surface area contributed by atoms with Gasteiger partial charge in [-0.25, -0.2) is 0 Å². The van der Waals surface area contributed by atoms with Gasteiger partial charge in [0.25, 0.3) is 0 Å². The highest BCUT2D eigenvalue weighted by Crippen LogP contribution is 2.27. The molecule has 2 rings (SSSR count). The van der Waals surface area contributed by atoms with Gasteiger partial charge in [-0.1, -0.05) is 57.2 Å². The summed E-state index contributed by atoms with van der Waals surface area (Å²) in [5.74, 6) is 0. The fourth-order valence-corrected chi connectivity index (χ4v) is 4.35. The summed E-state index contributed by atoms with van der Waals surface area (Å²) >= 11 is 1.76. The summed E-state index contributed by atoms with van der Waals surface area (Å²) in [7, 11) is 0. The van der Waals surface area contributed by atoms with Gasteiger partial charge < -0.3 is 15.3 Å². The second-order valence-electron chi connectivity index (χ2n) is 7.45. The van der Waals surface area contributed by atoms with Crippen LogP contribution in [0.25, 0.3) is 5.57 Å². The highest BCUT2D eigenvalue weighted by atomic mass is 32.1. The lowest BCUT2D eigenvalue weighted by atomic mass is 9.96. The van der Waals surface area contributed by atoms with E-state index in [0.717, 1.165) is 43.2 Å². The Balaban J connectivity index is 2.05. The molecule has 0 fully saturated rings. The van der Waals surface area contributed by atoms with Crippen molar-refractivity contribution in [3.05, 3.63) is 75.0 Å². The summed E-state index contributed by atoms with van der Waals surface area (Å²) in [5.41, 5.74) is 4.64. The van der Waals surface area contributed by atoms with Gasteiger partial charge >= 0.3 is 0 Å². The summed E-state index contributed by atoms with van der Waals surface area (Å²) in [5, 5.41) is 31.4. The van der Waals surface area contributed by atoms with Crippen LogP contribution in [0.3, 0.4) is 0 Å². The minimum atomic E-state index is -0.713. The standard InChI is InChI=1S/C25H34O3S/c1-4-21(8-7-13-25(28,5-2)6-3)24-15-20(18-29-24)10-9-19-11-12-22(16-26)23(14-19)17-27/h7-8,11-15,18,26-28H,4-6,9-10,16-17H2,1-3H3/b13-7+,21-8-. The average molecular weight is 415 g/mol. The number of benzene rings is 1. The smallest absolute Gasteiger partial charge is 0.0825 e. The van der Waals surface area contributed by atoms with E-state index in [1.165, 1.54) is 21.6 Å². The molecule has 0 saturated heterocycles. The third-order valence-electron chi connectivity index (χ3n) is 5.59. The van der Waals surface area contributed by atoms with E-state index in [0.29, 0.717) is 0 Å². The zero-order valence-corrected chi connectivity index (χ0v) is 18.6. The largest absolute Gasteiger partial charge is 0.392 e. The first kappa shape index (κ1) is 23.6. The van der Waals surface area contributed by atoms with Crippen LogP contribution in [0.4, 0.5) is 0 Å². The maximum atomic E-state index is 10.4. The van der Waals surface area contributed by atoms with Crippen LogP contribution in [-0.2, 0) is 26.1 Å². The van der Waals surface area contributed by atoms with Crippen molar-refractivity contribution in [3.8, 4) is 0 Å². The lowest BCUT2D eigenvalue weighted by Crippen LogP contribution is -2.22. The maximum absolute atomic E-state index is 10.4. The zero-order chi connectivity index (χ0) is 21.3. The van der Waals surface area contributed by atoms with Crippen molar-refractivity contribution >= 4 is 16.9 Å². The second-order valence-corrected chi connectivity index (χ2v) is 8.36. The van der Waals surface area contributed by atoms with Gasteiger partial charge in [-0.15, -0.1) is 11.3 Å². The van der Waals surface area contributed by atoms with Gasteiger partial charge in [-0.05, 0) is 71.4 Å². The molecule has 0 amide bonds. The van der Waals surface area contributed by atoms with Crippen LogP contribution in [0.2, 0.25) is 0 Å². The molecule has 0 unspecified atom stereocenters. The van der Waals surface area contributed by atoms with E-state index in [-0.39, 0.29) is 13.2 Å². The number of aryl methyl sites for hydroxylation is 2. The first-order valence-electron chi connectivity index (χ1n) is 10.5. The summed E-state index contributed by atoms with van der Waals surface area (Å²) in [4.78, 5) is 1.27. The molecular formula is C25H34O3S. The first-order chi connectivity index (χ1) is 14.0. The molecule has 0 aliphatic rings. The SMILES string of the molecule is CC/C(=C/C=C/C(O)(CC)CC)c1cc(CCc2ccc(CO)c(CO)c2)cs1. The fourth-order valence-electron chi connectivity index (χ4n) is 3.30. The molecule has 158 valence electrons. The Morgan fingerprint density at radius 1 is 0.966 bits per heavy atom. The quantitative estimate of drug-likeness (QED) is 0.430. The number of aliphatic hydroxyl groups excluding tert-OH is 2. The van der Waals surface area contributed by atoms with Crippen LogP contribution >= 0.6 is 11.3 Å².